The van der Waals surface area contributed by atoms with Crippen molar-refractivity contribution < 1.29 is 0 Å². The van der Waals surface area contributed by atoms with Crippen LogP contribution in [0.3, 0.4) is 0 Å². The van der Waals surface area contributed by atoms with Crippen molar-refractivity contribution >= 4 is 24.0 Å². The largest absolute Gasteiger partial charge is 0.175 e. The molecule has 10 heavy (non-hydrogen) atoms. The van der Waals surface area contributed by atoms with Crippen LogP contribution in [0.1, 0.15) is 10.0 Å². The molecule has 1 radical (unpaired) electrons. The Labute approximate surface area is 70.1 Å². The zero-order valence-electron chi connectivity index (χ0n) is 5.74. The molecule has 2 nitrogen and oxygen atoms in total. The fraction of sp³-hybridized carbons (Fsp3) is 0.500. The van der Waals surface area contributed by atoms with E-state index in [-0.39, 0.29) is 5.25 Å². The Kier molecular flexibility index (Phi) is 2.68. The minimum atomic E-state index is 0.132. The molecule has 0 saturated carbocycles. The van der Waals surface area contributed by atoms with E-state index in [9.17, 15) is 0 Å². The SMILES string of the molecule is [CH2]C(S)Cc1nnc(C)s1. The molecule has 1 heterocycles. The second-order valence-electron chi connectivity index (χ2n) is 2.07. The number of hydrogen-bond donors (Lipinski definition) is 1. The molecule has 0 aromatic carbocycles. The molecule has 1 aromatic rings. The predicted molar refractivity (Wildman–Crippen MR) is 46.5 cm³/mol. The van der Waals surface area contributed by atoms with Gasteiger partial charge in [0.15, 0.2) is 0 Å². The highest BCUT2D eigenvalue weighted by Gasteiger charge is 2.02. The number of aromatic nitrogens is 2. The fourth-order valence-corrected chi connectivity index (χ4v) is 1.71. The molecular weight excluding hydrogens is 164 g/mol. The number of aryl methyl sites for hydroxylation is 1. The van der Waals surface area contributed by atoms with Gasteiger partial charge in [0.25, 0.3) is 0 Å². The van der Waals surface area contributed by atoms with Crippen LogP contribution < -0.4 is 0 Å². The summed E-state index contributed by atoms with van der Waals surface area (Å²) in [5, 5.41) is 9.97. The van der Waals surface area contributed by atoms with Crippen molar-refractivity contribution in [2.75, 3.05) is 0 Å². The Bertz CT molecular complexity index is 207. The topological polar surface area (TPSA) is 25.8 Å². The maximum Gasteiger partial charge on any atom is 0.118 e. The van der Waals surface area contributed by atoms with Gasteiger partial charge in [0, 0.05) is 11.7 Å². The van der Waals surface area contributed by atoms with Crippen molar-refractivity contribution in [1.29, 1.82) is 0 Å². The average Bonchev–Trinajstić information content (AvgIpc) is 2.13. The first-order valence-electron chi connectivity index (χ1n) is 2.98. The second-order valence-corrected chi connectivity index (χ2v) is 4.07. The van der Waals surface area contributed by atoms with Gasteiger partial charge in [-0.05, 0) is 13.8 Å². The van der Waals surface area contributed by atoms with Crippen molar-refractivity contribution in [1.82, 2.24) is 10.2 Å². The molecule has 0 bridgehead atoms. The summed E-state index contributed by atoms with van der Waals surface area (Å²) in [6.07, 6.45) is 0.814. The van der Waals surface area contributed by atoms with Crippen molar-refractivity contribution in [2.45, 2.75) is 18.6 Å². The standard InChI is InChI=1S/C6H9N2S2/c1-4(9)3-6-8-7-5(2)10-6/h4,9H,1,3H2,2H3. The van der Waals surface area contributed by atoms with Crippen molar-refractivity contribution in [3.63, 3.8) is 0 Å². The van der Waals surface area contributed by atoms with E-state index in [2.05, 4.69) is 29.7 Å². The van der Waals surface area contributed by atoms with Crippen LogP contribution in [0, 0.1) is 13.8 Å². The fourth-order valence-electron chi connectivity index (χ4n) is 0.622. The lowest BCUT2D eigenvalue weighted by atomic mass is 10.3. The number of hydrogen-bond acceptors (Lipinski definition) is 4. The van der Waals surface area contributed by atoms with Gasteiger partial charge in [-0.3, -0.25) is 0 Å². The van der Waals surface area contributed by atoms with Crippen LogP contribution in [0.4, 0.5) is 0 Å². The average molecular weight is 173 g/mol. The van der Waals surface area contributed by atoms with Gasteiger partial charge in [0.2, 0.25) is 0 Å². The third-order valence-electron chi connectivity index (χ3n) is 0.978. The minimum absolute atomic E-state index is 0.132. The summed E-state index contributed by atoms with van der Waals surface area (Å²) in [6, 6.07) is 0. The Balaban J connectivity index is 2.58. The number of thiol groups is 1. The first-order valence-corrected chi connectivity index (χ1v) is 4.32. The summed E-state index contributed by atoms with van der Waals surface area (Å²) in [5.41, 5.74) is 0. The van der Waals surface area contributed by atoms with E-state index in [0.717, 1.165) is 16.4 Å². The third-order valence-corrected chi connectivity index (χ3v) is 2.02. The van der Waals surface area contributed by atoms with Crippen LogP contribution in [0.5, 0.6) is 0 Å². The molecular formula is C6H9N2S2. The summed E-state index contributed by atoms with van der Waals surface area (Å²) in [7, 11) is 0. The molecule has 0 N–H and O–H groups in total. The van der Waals surface area contributed by atoms with Gasteiger partial charge in [-0.1, -0.05) is 0 Å². The Morgan fingerprint density at radius 3 is 2.80 bits per heavy atom. The molecule has 55 valence electrons. The van der Waals surface area contributed by atoms with Gasteiger partial charge in [-0.15, -0.1) is 21.5 Å². The third kappa shape index (κ3) is 2.27. The Hall–Kier alpha value is -0.0900. The predicted octanol–water partition coefficient (Wildman–Crippen LogP) is 1.52. The first-order chi connectivity index (χ1) is 4.68. The number of rotatable bonds is 2. The number of nitrogens with zero attached hydrogens (tertiary/aromatic N) is 2. The lowest BCUT2D eigenvalue weighted by Gasteiger charge is -1.95. The zero-order valence-corrected chi connectivity index (χ0v) is 7.45. The van der Waals surface area contributed by atoms with Crippen molar-refractivity contribution in [3.05, 3.63) is 16.9 Å². The summed E-state index contributed by atoms with van der Waals surface area (Å²) >= 11 is 5.75. The zero-order chi connectivity index (χ0) is 7.56. The highest BCUT2D eigenvalue weighted by molar-refractivity contribution is 7.81. The molecule has 0 fully saturated rings. The lowest BCUT2D eigenvalue weighted by Crippen LogP contribution is -1.96. The minimum Gasteiger partial charge on any atom is -0.175 e. The van der Waals surface area contributed by atoms with E-state index in [1.54, 1.807) is 11.3 Å². The van der Waals surface area contributed by atoms with Crippen LogP contribution in [0.15, 0.2) is 0 Å². The first kappa shape index (κ1) is 8.01. The van der Waals surface area contributed by atoms with Gasteiger partial charge in [0.05, 0.1) is 0 Å². The van der Waals surface area contributed by atoms with Gasteiger partial charge in [-0.25, -0.2) is 0 Å². The molecule has 0 spiro atoms. The molecule has 0 aliphatic heterocycles. The van der Waals surface area contributed by atoms with Crippen molar-refractivity contribution in [3.8, 4) is 0 Å². The molecule has 1 rings (SSSR count). The van der Waals surface area contributed by atoms with Gasteiger partial charge in [-0.2, -0.15) is 12.6 Å². The summed E-state index contributed by atoms with van der Waals surface area (Å²) < 4.78 is 0. The monoisotopic (exact) mass is 173 g/mol. The van der Waals surface area contributed by atoms with E-state index < -0.39 is 0 Å². The smallest absolute Gasteiger partial charge is 0.118 e. The highest BCUT2D eigenvalue weighted by atomic mass is 32.1. The summed E-state index contributed by atoms with van der Waals surface area (Å²) in [5.74, 6) is 0. The van der Waals surface area contributed by atoms with E-state index in [0.29, 0.717) is 0 Å². The van der Waals surface area contributed by atoms with Crippen LogP contribution in [-0.2, 0) is 6.42 Å². The lowest BCUT2D eigenvalue weighted by molar-refractivity contribution is 0.930. The normalized spacial score (nSPS) is 13.5. The second kappa shape index (κ2) is 3.34. The highest BCUT2D eigenvalue weighted by Crippen LogP contribution is 2.11. The molecule has 1 unspecified atom stereocenters. The Morgan fingerprint density at radius 1 is 1.70 bits per heavy atom. The molecule has 0 aliphatic carbocycles. The molecule has 0 aliphatic rings. The maximum absolute atomic E-state index is 4.15. The summed E-state index contributed by atoms with van der Waals surface area (Å²) in [4.78, 5) is 0. The van der Waals surface area contributed by atoms with E-state index in [4.69, 9.17) is 0 Å². The Morgan fingerprint density at radius 2 is 2.40 bits per heavy atom. The van der Waals surface area contributed by atoms with Crippen LogP contribution in [-0.4, -0.2) is 15.4 Å². The van der Waals surface area contributed by atoms with Gasteiger partial charge in [0.1, 0.15) is 10.0 Å². The van der Waals surface area contributed by atoms with Gasteiger partial charge >= 0.3 is 0 Å². The summed E-state index contributed by atoms with van der Waals surface area (Å²) in [6.45, 7) is 5.69. The van der Waals surface area contributed by atoms with E-state index in [1.165, 1.54) is 0 Å². The van der Waals surface area contributed by atoms with Crippen LogP contribution in [0.2, 0.25) is 0 Å². The molecule has 4 heteroatoms. The van der Waals surface area contributed by atoms with Gasteiger partial charge < -0.3 is 0 Å². The van der Waals surface area contributed by atoms with Crippen LogP contribution >= 0.6 is 24.0 Å². The molecule has 0 amide bonds. The van der Waals surface area contributed by atoms with E-state index >= 15 is 0 Å². The molecule has 1 aromatic heterocycles. The maximum atomic E-state index is 4.15. The van der Waals surface area contributed by atoms with Crippen LogP contribution in [0.25, 0.3) is 0 Å². The molecule has 1 atom stereocenters. The quantitative estimate of drug-likeness (QED) is 0.686. The molecule has 0 saturated heterocycles. The van der Waals surface area contributed by atoms with E-state index in [1.807, 2.05) is 6.92 Å². The van der Waals surface area contributed by atoms with Crippen molar-refractivity contribution in [2.24, 2.45) is 0 Å².